The standard InChI is InChI=1S/C40H37N4S.BF4/c1-5-43-35-28-29(39-41-32-21-15-17-23-36(32)45-39)26-27-34(35)44(30-18-10-9-11-19-30)38(43)25-13-8-6-7-12-24-37-40(2,3)31-20-14-16-22-33(31)42(37)4;2-1(3,4)5/h6-28H,5H2,1-4H3;/q+1;-1. The van der Waals surface area contributed by atoms with Crippen LogP contribution in [0.5, 0.6) is 0 Å². The molecule has 0 saturated carbocycles. The van der Waals surface area contributed by atoms with Crippen molar-refractivity contribution in [3.8, 4) is 16.3 Å². The molecular formula is C40H37BF4N4S. The average molecular weight is 693 g/mol. The fourth-order valence-electron chi connectivity index (χ4n) is 6.55. The molecular weight excluding hydrogens is 655 g/mol. The van der Waals surface area contributed by atoms with Gasteiger partial charge in [-0.2, -0.15) is 4.57 Å². The number of imidazole rings is 1. The Morgan fingerprint density at radius 3 is 2.20 bits per heavy atom. The largest absolute Gasteiger partial charge is 0.673 e. The second-order valence-electron chi connectivity index (χ2n) is 12.3. The van der Waals surface area contributed by atoms with E-state index in [4.69, 9.17) is 4.98 Å². The summed E-state index contributed by atoms with van der Waals surface area (Å²) >= 11 is 1.74. The molecule has 6 aromatic rings. The number of allylic oxidation sites excluding steroid dienone is 7. The normalized spacial score (nSPS) is 15.2. The van der Waals surface area contributed by atoms with Crippen LogP contribution in [0.3, 0.4) is 0 Å². The number of thiazole rings is 1. The van der Waals surface area contributed by atoms with Gasteiger partial charge in [0.2, 0.25) is 0 Å². The summed E-state index contributed by atoms with van der Waals surface area (Å²) in [5.74, 6) is 1.13. The summed E-state index contributed by atoms with van der Waals surface area (Å²) in [6.45, 7) is 7.65. The van der Waals surface area contributed by atoms with E-state index in [1.165, 1.54) is 32.7 Å². The highest BCUT2D eigenvalue weighted by Crippen LogP contribution is 2.46. The van der Waals surface area contributed by atoms with Crippen LogP contribution in [0.4, 0.5) is 23.0 Å². The number of rotatable bonds is 7. The van der Waals surface area contributed by atoms with E-state index in [1.54, 1.807) is 11.3 Å². The third-order valence-electron chi connectivity index (χ3n) is 8.77. The Morgan fingerprint density at radius 2 is 1.48 bits per heavy atom. The smallest absolute Gasteiger partial charge is 0.418 e. The van der Waals surface area contributed by atoms with Crippen LogP contribution in [0.15, 0.2) is 139 Å². The fraction of sp³-hybridized carbons (Fsp3) is 0.150. The van der Waals surface area contributed by atoms with Crippen molar-refractivity contribution >= 4 is 51.6 Å². The zero-order chi connectivity index (χ0) is 35.5. The number of halogens is 4. The van der Waals surface area contributed by atoms with Gasteiger partial charge in [0.15, 0.2) is 11.0 Å². The van der Waals surface area contributed by atoms with Crippen LogP contribution in [0.25, 0.3) is 43.6 Å². The van der Waals surface area contributed by atoms with E-state index in [1.807, 2.05) is 6.07 Å². The summed E-state index contributed by atoms with van der Waals surface area (Å²) < 4.78 is 44.9. The van der Waals surface area contributed by atoms with Crippen LogP contribution in [-0.4, -0.2) is 23.9 Å². The minimum absolute atomic E-state index is 0.0230. The van der Waals surface area contributed by atoms with Crippen LogP contribution in [0.2, 0.25) is 0 Å². The van der Waals surface area contributed by atoms with Crippen molar-refractivity contribution in [3.05, 3.63) is 151 Å². The molecule has 4 nitrogen and oxygen atoms in total. The van der Waals surface area contributed by atoms with Gasteiger partial charge in [-0.15, -0.1) is 11.3 Å². The Morgan fingerprint density at radius 1 is 0.820 bits per heavy atom. The van der Waals surface area contributed by atoms with Gasteiger partial charge in [-0.25, -0.2) is 9.55 Å². The lowest BCUT2D eigenvalue weighted by Gasteiger charge is -2.23. The van der Waals surface area contributed by atoms with Crippen LogP contribution < -0.4 is 9.47 Å². The van der Waals surface area contributed by atoms with Crippen molar-refractivity contribution in [2.24, 2.45) is 0 Å². The van der Waals surface area contributed by atoms with Gasteiger partial charge in [-0.3, -0.25) is 0 Å². The van der Waals surface area contributed by atoms with Crippen molar-refractivity contribution in [2.45, 2.75) is 32.7 Å². The van der Waals surface area contributed by atoms with Gasteiger partial charge < -0.3 is 22.2 Å². The maximum Gasteiger partial charge on any atom is 0.673 e. The van der Waals surface area contributed by atoms with Crippen molar-refractivity contribution in [1.82, 2.24) is 9.55 Å². The molecule has 2 aromatic heterocycles. The average Bonchev–Trinajstić information content (AvgIpc) is 3.72. The molecule has 3 heterocycles. The van der Waals surface area contributed by atoms with E-state index in [0.717, 1.165) is 34.1 Å². The molecule has 0 spiro atoms. The highest BCUT2D eigenvalue weighted by atomic mass is 32.1. The van der Waals surface area contributed by atoms with Crippen molar-refractivity contribution < 1.29 is 21.8 Å². The first kappa shape index (κ1) is 34.6. The molecule has 254 valence electrons. The summed E-state index contributed by atoms with van der Waals surface area (Å²) in [7, 11) is -3.84. The number of hydrogen-bond donors (Lipinski definition) is 0. The molecule has 0 fully saturated rings. The lowest BCUT2D eigenvalue weighted by Crippen LogP contribution is -2.35. The second kappa shape index (κ2) is 14.3. The molecule has 50 heavy (non-hydrogen) atoms. The van der Waals surface area contributed by atoms with Crippen LogP contribution in [0, 0.1) is 0 Å². The lowest BCUT2D eigenvalue weighted by atomic mass is 9.84. The lowest BCUT2D eigenvalue weighted by molar-refractivity contribution is -0.670. The Labute approximate surface area is 293 Å². The Hall–Kier alpha value is -5.22. The number of hydrogen-bond acceptors (Lipinski definition) is 3. The Balaban J connectivity index is 0.000000808. The fourth-order valence-corrected chi connectivity index (χ4v) is 7.51. The summed E-state index contributed by atoms with van der Waals surface area (Å²) in [5.41, 5.74) is 9.63. The van der Waals surface area contributed by atoms with Gasteiger partial charge >= 0.3 is 7.25 Å². The number of nitrogens with zero attached hydrogens (tertiary/aromatic N) is 4. The quantitative estimate of drug-likeness (QED) is 0.0720. The van der Waals surface area contributed by atoms with E-state index in [-0.39, 0.29) is 5.41 Å². The highest BCUT2D eigenvalue weighted by molar-refractivity contribution is 7.21. The summed E-state index contributed by atoms with van der Waals surface area (Å²) in [6, 6.07) is 34.4. The number of likely N-dealkylation sites (N-methyl/N-ethyl adjacent to an activating group) is 1. The predicted octanol–water partition coefficient (Wildman–Crippen LogP) is 11.0. The van der Waals surface area contributed by atoms with Crippen LogP contribution in [0.1, 0.15) is 32.2 Å². The monoisotopic (exact) mass is 692 g/mol. The van der Waals surface area contributed by atoms with E-state index < -0.39 is 7.25 Å². The number of aromatic nitrogens is 3. The molecule has 0 saturated heterocycles. The summed E-state index contributed by atoms with van der Waals surface area (Å²) in [6.07, 6.45) is 15.0. The van der Waals surface area contributed by atoms with Gasteiger partial charge in [0.1, 0.15) is 10.7 Å². The Kier molecular flexibility index (Phi) is 9.93. The number of para-hydroxylation sites is 3. The van der Waals surface area contributed by atoms with Gasteiger partial charge in [-0.05, 0) is 67.1 Å². The van der Waals surface area contributed by atoms with E-state index >= 15 is 0 Å². The van der Waals surface area contributed by atoms with E-state index in [2.05, 4.69) is 175 Å². The molecule has 10 heteroatoms. The zero-order valence-corrected chi connectivity index (χ0v) is 29.1. The highest BCUT2D eigenvalue weighted by Gasteiger charge is 2.37. The van der Waals surface area contributed by atoms with Crippen molar-refractivity contribution in [2.75, 3.05) is 11.9 Å². The molecule has 1 aliphatic rings. The first-order chi connectivity index (χ1) is 24.0. The van der Waals surface area contributed by atoms with Gasteiger partial charge in [-0.1, -0.05) is 92.8 Å². The molecule has 7 rings (SSSR count). The molecule has 0 amide bonds. The Bertz CT molecular complexity index is 2220. The number of fused-ring (bicyclic) bond motifs is 3. The van der Waals surface area contributed by atoms with Crippen molar-refractivity contribution in [3.63, 3.8) is 0 Å². The number of benzene rings is 4. The molecule has 0 aliphatic carbocycles. The van der Waals surface area contributed by atoms with Gasteiger partial charge in [0, 0.05) is 35.5 Å². The third-order valence-corrected chi connectivity index (χ3v) is 9.85. The van der Waals surface area contributed by atoms with E-state index in [9.17, 15) is 17.3 Å². The maximum atomic E-state index is 9.75. The molecule has 0 unspecified atom stereocenters. The summed E-state index contributed by atoms with van der Waals surface area (Å²) in [5, 5.41) is 1.05. The zero-order valence-electron chi connectivity index (χ0n) is 28.3. The van der Waals surface area contributed by atoms with Gasteiger partial charge in [0.05, 0.1) is 16.8 Å². The number of aryl methyl sites for hydroxylation is 1. The number of anilines is 1. The third kappa shape index (κ3) is 7.21. The maximum absolute atomic E-state index is 9.75. The minimum Gasteiger partial charge on any atom is -0.418 e. The molecule has 4 aromatic carbocycles. The van der Waals surface area contributed by atoms with Crippen LogP contribution in [-0.2, 0) is 12.0 Å². The van der Waals surface area contributed by atoms with Crippen molar-refractivity contribution in [1.29, 1.82) is 0 Å². The minimum atomic E-state index is -6.00. The molecule has 1 aliphatic heterocycles. The molecule has 0 atom stereocenters. The molecule has 0 bridgehead atoms. The SMILES string of the molecule is CC[n+]1c(/C=C/C=C/C=C/C=C2/N(C)c3ccccc3C2(C)C)n(-c2ccccc2)c2ccc(-c3nc4ccccc4s3)cc21.F[B-](F)(F)F. The molecule has 0 N–H and O–H groups in total. The molecule has 0 radical (unpaired) electrons. The first-order valence-corrected chi connectivity index (χ1v) is 17.2. The van der Waals surface area contributed by atoms with E-state index in [0.29, 0.717) is 0 Å². The summed E-state index contributed by atoms with van der Waals surface area (Å²) in [4.78, 5) is 7.23. The topological polar surface area (TPSA) is 24.9 Å². The van der Waals surface area contributed by atoms with Gasteiger partial charge in [0.25, 0.3) is 5.82 Å². The van der Waals surface area contributed by atoms with Crippen LogP contribution >= 0.6 is 11.3 Å². The second-order valence-corrected chi connectivity index (χ2v) is 13.4. The predicted molar refractivity (Wildman–Crippen MR) is 201 cm³/mol. The first-order valence-electron chi connectivity index (χ1n) is 16.4.